The number of carbonyl (C=O) groups excluding carboxylic acids is 1. The van der Waals surface area contributed by atoms with Gasteiger partial charge in [-0.05, 0) is 19.8 Å². The molecule has 5 heteroatoms. The van der Waals surface area contributed by atoms with Crippen LogP contribution < -0.4 is 0 Å². The Balaban J connectivity index is 2.22. The number of nitrogens with zero attached hydrogens (tertiary/aromatic N) is 3. The first-order valence-corrected chi connectivity index (χ1v) is 6.25. The number of rotatable bonds is 3. The maximum Gasteiger partial charge on any atom is 0.292 e. The van der Waals surface area contributed by atoms with Gasteiger partial charge in [-0.25, -0.2) is 4.98 Å². The molecule has 0 aromatic carbocycles. The molecule has 1 saturated carbocycles. The molecular weight excluding hydrogens is 230 g/mol. The predicted molar refractivity (Wildman–Crippen MR) is 64.9 cm³/mol. The van der Waals surface area contributed by atoms with Gasteiger partial charge in [0, 0.05) is 13.0 Å². The molecule has 1 aromatic heterocycles. The van der Waals surface area contributed by atoms with Crippen molar-refractivity contribution in [3.8, 4) is 6.07 Å². The molecule has 0 N–H and O–H groups in total. The number of oxazole rings is 1. The molecule has 0 saturated heterocycles. The molecule has 1 amide bonds. The SMILES string of the molecule is Cc1nc(C)c(C(=O)N(CC#N)C2CCCC2)o1. The number of aryl methyl sites for hydroxylation is 2. The molecule has 1 fully saturated rings. The van der Waals surface area contributed by atoms with E-state index in [2.05, 4.69) is 11.1 Å². The largest absolute Gasteiger partial charge is 0.436 e. The van der Waals surface area contributed by atoms with Crippen LogP contribution in [-0.4, -0.2) is 28.4 Å². The predicted octanol–water partition coefficient (Wildman–Crippen LogP) is 2.20. The fourth-order valence-corrected chi connectivity index (χ4v) is 2.52. The Morgan fingerprint density at radius 2 is 2.17 bits per heavy atom. The fourth-order valence-electron chi connectivity index (χ4n) is 2.52. The van der Waals surface area contributed by atoms with Crippen molar-refractivity contribution < 1.29 is 9.21 Å². The summed E-state index contributed by atoms with van der Waals surface area (Å²) in [5.74, 6) is 0.551. The summed E-state index contributed by atoms with van der Waals surface area (Å²) in [5, 5.41) is 8.88. The zero-order valence-corrected chi connectivity index (χ0v) is 10.8. The van der Waals surface area contributed by atoms with Gasteiger partial charge in [-0.3, -0.25) is 4.79 Å². The maximum atomic E-state index is 12.4. The first-order chi connectivity index (χ1) is 8.63. The van der Waals surface area contributed by atoms with Crippen molar-refractivity contribution in [3.63, 3.8) is 0 Å². The number of nitriles is 1. The molecule has 0 aliphatic heterocycles. The average molecular weight is 247 g/mol. The van der Waals surface area contributed by atoms with Crippen LogP contribution in [-0.2, 0) is 0 Å². The van der Waals surface area contributed by atoms with E-state index in [4.69, 9.17) is 9.68 Å². The summed E-state index contributed by atoms with van der Waals surface area (Å²) in [6.07, 6.45) is 4.18. The first-order valence-electron chi connectivity index (χ1n) is 6.25. The summed E-state index contributed by atoms with van der Waals surface area (Å²) in [6, 6.07) is 2.23. The van der Waals surface area contributed by atoms with Crippen LogP contribution in [0.3, 0.4) is 0 Å². The van der Waals surface area contributed by atoms with Gasteiger partial charge in [-0.15, -0.1) is 0 Å². The molecular formula is C13H17N3O2. The zero-order chi connectivity index (χ0) is 13.1. The smallest absolute Gasteiger partial charge is 0.292 e. The van der Waals surface area contributed by atoms with Crippen LogP contribution in [0.5, 0.6) is 0 Å². The molecule has 0 atom stereocenters. The van der Waals surface area contributed by atoms with Crippen molar-refractivity contribution >= 4 is 5.91 Å². The third-order valence-corrected chi connectivity index (χ3v) is 3.37. The van der Waals surface area contributed by atoms with Gasteiger partial charge in [-0.2, -0.15) is 5.26 Å². The molecule has 1 aromatic rings. The van der Waals surface area contributed by atoms with E-state index < -0.39 is 0 Å². The van der Waals surface area contributed by atoms with E-state index in [9.17, 15) is 4.79 Å². The van der Waals surface area contributed by atoms with E-state index in [-0.39, 0.29) is 24.3 Å². The molecule has 0 radical (unpaired) electrons. The normalized spacial score (nSPS) is 15.6. The summed E-state index contributed by atoms with van der Waals surface area (Å²) in [6.45, 7) is 3.58. The fraction of sp³-hybridized carbons (Fsp3) is 0.615. The lowest BCUT2D eigenvalue weighted by Crippen LogP contribution is -2.39. The Morgan fingerprint density at radius 1 is 1.50 bits per heavy atom. The second-order valence-corrected chi connectivity index (χ2v) is 4.68. The van der Waals surface area contributed by atoms with Crippen molar-refractivity contribution in [2.45, 2.75) is 45.6 Å². The summed E-state index contributed by atoms with van der Waals surface area (Å²) < 4.78 is 5.35. The minimum absolute atomic E-state index is 0.114. The molecule has 0 unspecified atom stereocenters. The highest BCUT2D eigenvalue weighted by Crippen LogP contribution is 2.25. The van der Waals surface area contributed by atoms with Crippen molar-refractivity contribution in [1.29, 1.82) is 5.26 Å². The van der Waals surface area contributed by atoms with Crippen LogP contribution in [0.15, 0.2) is 4.42 Å². The Kier molecular flexibility index (Phi) is 3.66. The van der Waals surface area contributed by atoms with Gasteiger partial charge in [0.05, 0.1) is 11.8 Å². The Labute approximate surface area is 106 Å². The lowest BCUT2D eigenvalue weighted by atomic mass is 10.2. The third kappa shape index (κ3) is 2.37. The minimum atomic E-state index is -0.207. The molecule has 0 spiro atoms. The Hall–Kier alpha value is -1.83. The summed E-state index contributed by atoms with van der Waals surface area (Å²) in [4.78, 5) is 18.1. The Bertz CT molecular complexity index is 481. The number of aromatic nitrogens is 1. The third-order valence-electron chi connectivity index (χ3n) is 3.37. The van der Waals surface area contributed by atoms with E-state index in [1.807, 2.05) is 0 Å². The highest BCUT2D eigenvalue weighted by atomic mass is 16.4. The number of carbonyl (C=O) groups is 1. The standard InChI is InChI=1S/C13H17N3O2/c1-9-12(18-10(2)15-9)13(17)16(8-7-14)11-5-3-4-6-11/h11H,3-6,8H2,1-2H3. The number of hydrogen-bond donors (Lipinski definition) is 0. The quantitative estimate of drug-likeness (QED) is 0.768. The van der Waals surface area contributed by atoms with Gasteiger partial charge in [0.2, 0.25) is 5.76 Å². The molecule has 2 rings (SSSR count). The van der Waals surface area contributed by atoms with Crippen LogP contribution in [0, 0.1) is 25.2 Å². The van der Waals surface area contributed by atoms with E-state index in [1.54, 1.807) is 18.7 Å². The van der Waals surface area contributed by atoms with E-state index in [1.165, 1.54) is 0 Å². The summed E-state index contributed by atoms with van der Waals surface area (Å²) in [5.41, 5.74) is 0.596. The first kappa shape index (κ1) is 12.6. The van der Waals surface area contributed by atoms with Gasteiger partial charge in [0.1, 0.15) is 6.54 Å². The maximum absolute atomic E-state index is 12.4. The van der Waals surface area contributed by atoms with Gasteiger partial charge in [-0.1, -0.05) is 12.8 Å². The zero-order valence-electron chi connectivity index (χ0n) is 10.8. The van der Waals surface area contributed by atoms with E-state index >= 15 is 0 Å². The summed E-state index contributed by atoms with van der Waals surface area (Å²) in [7, 11) is 0. The number of amides is 1. The molecule has 1 aliphatic rings. The molecule has 96 valence electrons. The van der Waals surface area contributed by atoms with Gasteiger partial charge in [0.15, 0.2) is 5.89 Å². The molecule has 18 heavy (non-hydrogen) atoms. The van der Waals surface area contributed by atoms with Crippen molar-refractivity contribution in [1.82, 2.24) is 9.88 Å². The number of hydrogen-bond acceptors (Lipinski definition) is 4. The second kappa shape index (κ2) is 5.21. The van der Waals surface area contributed by atoms with Crippen molar-refractivity contribution in [2.75, 3.05) is 6.54 Å². The molecule has 5 nitrogen and oxygen atoms in total. The highest BCUT2D eigenvalue weighted by molar-refractivity contribution is 5.92. The molecule has 1 heterocycles. The van der Waals surface area contributed by atoms with Crippen LogP contribution in [0.4, 0.5) is 0 Å². The topological polar surface area (TPSA) is 70.1 Å². The monoisotopic (exact) mass is 247 g/mol. The van der Waals surface area contributed by atoms with Gasteiger partial charge >= 0.3 is 0 Å². The molecule has 1 aliphatic carbocycles. The Morgan fingerprint density at radius 3 is 2.67 bits per heavy atom. The van der Waals surface area contributed by atoms with E-state index in [0.717, 1.165) is 25.7 Å². The molecule has 0 bridgehead atoms. The average Bonchev–Trinajstić information content (AvgIpc) is 2.95. The lowest BCUT2D eigenvalue weighted by Gasteiger charge is -2.25. The van der Waals surface area contributed by atoms with Crippen LogP contribution in [0.1, 0.15) is 47.8 Å². The lowest BCUT2D eigenvalue weighted by molar-refractivity contribution is 0.0674. The second-order valence-electron chi connectivity index (χ2n) is 4.68. The van der Waals surface area contributed by atoms with Crippen molar-refractivity contribution in [2.24, 2.45) is 0 Å². The minimum Gasteiger partial charge on any atom is -0.436 e. The van der Waals surface area contributed by atoms with Crippen LogP contribution in [0.25, 0.3) is 0 Å². The van der Waals surface area contributed by atoms with Crippen LogP contribution >= 0.6 is 0 Å². The van der Waals surface area contributed by atoms with Crippen LogP contribution in [0.2, 0.25) is 0 Å². The highest BCUT2D eigenvalue weighted by Gasteiger charge is 2.30. The van der Waals surface area contributed by atoms with Crippen molar-refractivity contribution in [3.05, 3.63) is 17.3 Å². The summed E-state index contributed by atoms with van der Waals surface area (Å²) >= 11 is 0. The van der Waals surface area contributed by atoms with Gasteiger partial charge in [0.25, 0.3) is 5.91 Å². The van der Waals surface area contributed by atoms with E-state index in [0.29, 0.717) is 11.6 Å². The van der Waals surface area contributed by atoms with Gasteiger partial charge < -0.3 is 9.32 Å².